The van der Waals surface area contributed by atoms with Crippen molar-refractivity contribution in [1.29, 1.82) is 0 Å². The van der Waals surface area contributed by atoms with Gasteiger partial charge in [0.05, 0.1) is 12.7 Å². The van der Waals surface area contributed by atoms with E-state index in [1.165, 1.54) is 0 Å². The summed E-state index contributed by atoms with van der Waals surface area (Å²) in [6, 6.07) is 6.11. The van der Waals surface area contributed by atoms with E-state index < -0.39 is 5.54 Å². The number of rotatable bonds is 3. The summed E-state index contributed by atoms with van der Waals surface area (Å²) in [5.74, 6) is 0.370. The Morgan fingerprint density at radius 1 is 1.32 bits per heavy atom. The van der Waals surface area contributed by atoms with Gasteiger partial charge in [-0.25, -0.2) is 4.79 Å². The number of benzene rings is 1. The van der Waals surface area contributed by atoms with E-state index in [9.17, 15) is 4.79 Å². The third kappa shape index (κ3) is 2.75. The molecule has 5 heteroatoms. The SMILES string of the molecule is CCOC(=O)C1(N)c2cc(Br)ccc2CC12CC(C)C(OC)C(C)C2. The van der Waals surface area contributed by atoms with Gasteiger partial charge in [0.15, 0.2) is 0 Å². The molecule has 0 heterocycles. The molecule has 3 atom stereocenters. The minimum absolute atomic E-state index is 0.201. The Hall–Kier alpha value is -0.910. The Balaban J connectivity index is 2.12. The molecule has 0 aliphatic heterocycles. The van der Waals surface area contributed by atoms with Gasteiger partial charge in [-0.15, -0.1) is 0 Å². The lowest BCUT2D eigenvalue weighted by molar-refractivity contribution is -0.161. The summed E-state index contributed by atoms with van der Waals surface area (Å²) in [6.07, 6.45) is 2.73. The van der Waals surface area contributed by atoms with Crippen molar-refractivity contribution in [2.45, 2.75) is 51.7 Å². The Labute approximate surface area is 158 Å². The maximum atomic E-state index is 13.1. The predicted molar refractivity (Wildman–Crippen MR) is 101 cm³/mol. The number of esters is 1. The zero-order valence-corrected chi connectivity index (χ0v) is 17.1. The predicted octanol–water partition coefficient (Wildman–Crippen LogP) is 3.79. The van der Waals surface area contributed by atoms with Crippen molar-refractivity contribution in [3.05, 3.63) is 33.8 Å². The molecule has 1 saturated carbocycles. The summed E-state index contributed by atoms with van der Waals surface area (Å²) in [7, 11) is 1.78. The highest BCUT2D eigenvalue weighted by Crippen LogP contribution is 2.59. The summed E-state index contributed by atoms with van der Waals surface area (Å²) >= 11 is 3.53. The van der Waals surface area contributed by atoms with Gasteiger partial charge in [0.2, 0.25) is 0 Å². The zero-order valence-electron chi connectivity index (χ0n) is 15.5. The summed E-state index contributed by atoms with van der Waals surface area (Å²) in [5.41, 5.74) is 7.60. The molecule has 1 aromatic carbocycles. The van der Waals surface area contributed by atoms with Gasteiger partial charge < -0.3 is 15.2 Å². The molecule has 0 bridgehead atoms. The van der Waals surface area contributed by atoms with E-state index in [1.807, 2.05) is 19.1 Å². The van der Waals surface area contributed by atoms with E-state index in [-0.39, 0.29) is 17.5 Å². The van der Waals surface area contributed by atoms with Crippen LogP contribution in [0.2, 0.25) is 0 Å². The maximum absolute atomic E-state index is 13.1. The van der Waals surface area contributed by atoms with Crippen molar-refractivity contribution in [2.75, 3.05) is 13.7 Å². The summed E-state index contributed by atoms with van der Waals surface area (Å²) in [4.78, 5) is 13.1. The highest BCUT2D eigenvalue weighted by atomic mass is 79.9. The number of nitrogens with two attached hydrogens (primary N) is 1. The smallest absolute Gasteiger partial charge is 0.331 e. The largest absolute Gasteiger partial charge is 0.464 e. The molecule has 0 radical (unpaired) electrons. The Bertz CT molecular complexity index is 665. The van der Waals surface area contributed by atoms with Gasteiger partial charge in [-0.3, -0.25) is 0 Å². The Morgan fingerprint density at radius 3 is 2.52 bits per heavy atom. The van der Waals surface area contributed by atoms with Crippen LogP contribution in [0.3, 0.4) is 0 Å². The van der Waals surface area contributed by atoms with Crippen molar-refractivity contribution in [2.24, 2.45) is 23.0 Å². The lowest BCUT2D eigenvalue weighted by Gasteiger charge is -2.51. The second-order valence-electron chi connectivity index (χ2n) is 7.85. The minimum atomic E-state index is -1.11. The minimum Gasteiger partial charge on any atom is -0.464 e. The quantitative estimate of drug-likeness (QED) is 0.771. The van der Waals surface area contributed by atoms with E-state index in [2.05, 4.69) is 35.8 Å². The van der Waals surface area contributed by atoms with Crippen molar-refractivity contribution in [3.63, 3.8) is 0 Å². The average molecular weight is 410 g/mol. The van der Waals surface area contributed by atoms with Crippen molar-refractivity contribution in [3.8, 4) is 0 Å². The fourth-order valence-electron chi connectivity index (χ4n) is 5.47. The number of hydrogen-bond donors (Lipinski definition) is 1. The van der Waals surface area contributed by atoms with Gasteiger partial charge in [0, 0.05) is 17.0 Å². The van der Waals surface area contributed by atoms with Crippen LogP contribution in [0.1, 0.15) is 44.7 Å². The molecular formula is C20H28BrNO3. The summed E-state index contributed by atoms with van der Waals surface area (Å²) < 4.78 is 12.1. The van der Waals surface area contributed by atoms with Crippen molar-refractivity contribution >= 4 is 21.9 Å². The number of hydrogen-bond acceptors (Lipinski definition) is 4. The van der Waals surface area contributed by atoms with E-state index in [0.29, 0.717) is 18.4 Å². The lowest BCUT2D eigenvalue weighted by Crippen LogP contribution is -2.60. The van der Waals surface area contributed by atoms with Gasteiger partial charge >= 0.3 is 5.97 Å². The van der Waals surface area contributed by atoms with Crippen LogP contribution < -0.4 is 5.73 Å². The Kier molecular flexibility index (Phi) is 5.04. The molecule has 2 aliphatic rings. The number of ether oxygens (including phenoxy) is 2. The summed E-state index contributed by atoms with van der Waals surface area (Å²) in [6.45, 7) is 6.58. The molecule has 2 N–H and O–H groups in total. The molecular weight excluding hydrogens is 382 g/mol. The molecule has 4 nitrogen and oxygen atoms in total. The van der Waals surface area contributed by atoms with Crippen LogP contribution in [0.5, 0.6) is 0 Å². The van der Waals surface area contributed by atoms with Crippen molar-refractivity contribution in [1.82, 2.24) is 0 Å². The maximum Gasteiger partial charge on any atom is 0.331 e. The van der Waals surface area contributed by atoms with Crippen LogP contribution in [0.4, 0.5) is 0 Å². The number of halogens is 1. The van der Waals surface area contributed by atoms with E-state index >= 15 is 0 Å². The first-order valence-corrected chi connectivity index (χ1v) is 9.86. The number of carbonyl (C=O) groups excluding carboxylic acids is 1. The number of fused-ring (bicyclic) bond motifs is 1. The van der Waals surface area contributed by atoms with Crippen LogP contribution in [-0.2, 0) is 26.2 Å². The topological polar surface area (TPSA) is 61.5 Å². The number of methoxy groups -OCH3 is 1. The van der Waals surface area contributed by atoms with Crippen molar-refractivity contribution < 1.29 is 14.3 Å². The molecule has 1 aromatic rings. The average Bonchev–Trinajstić information content (AvgIpc) is 2.77. The van der Waals surface area contributed by atoms with E-state index in [0.717, 1.165) is 34.9 Å². The van der Waals surface area contributed by atoms with Crippen LogP contribution in [0, 0.1) is 17.3 Å². The third-order valence-corrected chi connectivity index (χ3v) is 6.77. The molecule has 1 spiro atoms. The van der Waals surface area contributed by atoms with Crippen LogP contribution >= 0.6 is 15.9 Å². The molecule has 0 amide bonds. The zero-order chi connectivity index (χ0) is 18.4. The normalized spacial score (nSPS) is 37.1. The van der Waals surface area contributed by atoms with Gasteiger partial charge in [-0.2, -0.15) is 0 Å². The lowest BCUT2D eigenvalue weighted by atomic mass is 9.57. The van der Waals surface area contributed by atoms with Gasteiger partial charge in [0.1, 0.15) is 5.54 Å². The van der Waals surface area contributed by atoms with Crippen LogP contribution in [0.25, 0.3) is 0 Å². The molecule has 25 heavy (non-hydrogen) atoms. The fraction of sp³-hybridized carbons (Fsp3) is 0.650. The highest BCUT2D eigenvalue weighted by molar-refractivity contribution is 9.10. The second-order valence-corrected chi connectivity index (χ2v) is 8.77. The molecule has 3 unspecified atom stereocenters. The van der Waals surface area contributed by atoms with Crippen LogP contribution in [0.15, 0.2) is 22.7 Å². The van der Waals surface area contributed by atoms with Gasteiger partial charge in [-0.1, -0.05) is 35.8 Å². The monoisotopic (exact) mass is 409 g/mol. The summed E-state index contributed by atoms with van der Waals surface area (Å²) in [5, 5.41) is 0. The van der Waals surface area contributed by atoms with Gasteiger partial charge in [0.25, 0.3) is 0 Å². The molecule has 3 rings (SSSR count). The van der Waals surface area contributed by atoms with E-state index in [1.54, 1.807) is 7.11 Å². The molecule has 2 aliphatic carbocycles. The third-order valence-electron chi connectivity index (χ3n) is 6.28. The highest BCUT2D eigenvalue weighted by Gasteiger charge is 2.63. The molecule has 138 valence electrons. The molecule has 0 saturated heterocycles. The fourth-order valence-corrected chi connectivity index (χ4v) is 5.83. The molecule has 0 aromatic heterocycles. The Morgan fingerprint density at radius 2 is 1.96 bits per heavy atom. The first-order chi connectivity index (χ1) is 11.8. The first kappa shape index (κ1) is 18.9. The first-order valence-electron chi connectivity index (χ1n) is 9.07. The number of carbonyl (C=O) groups is 1. The van der Waals surface area contributed by atoms with Crippen LogP contribution in [-0.4, -0.2) is 25.8 Å². The standard InChI is InChI=1S/C20H28BrNO3/c1-5-25-18(23)20(22)16-8-15(21)7-6-14(16)11-19(20)9-12(2)17(24-4)13(3)10-19/h6-8,12-13,17H,5,9-11,22H2,1-4H3. The van der Waals surface area contributed by atoms with E-state index in [4.69, 9.17) is 15.2 Å². The van der Waals surface area contributed by atoms with Gasteiger partial charge in [-0.05, 0) is 61.3 Å². The second kappa shape index (κ2) is 6.67. The molecule has 1 fully saturated rings.